The maximum Gasteiger partial charge on any atom is 0.305 e. The number of hydroxylamine groups is 1. The van der Waals surface area contributed by atoms with Gasteiger partial charge in [0.25, 0.3) is 0 Å². The molecule has 0 aliphatic carbocycles. The van der Waals surface area contributed by atoms with Crippen LogP contribution >= 0.6 is 0 Å². The van der Waals surface area contributed by atoms with Gasteiger partial charge in [0.1, 0.15) is 6.04 Å². The molecule has 0 saturated carbocycles. The number of allylic oxidation sites excluding steroid dienone is 1. The van der Waals surface area contributed by atoms with Crippen LogP contribution in [0.2, 0.25) is 0 Å². The summed E-state index contributed by atoms with van der Waals surface area (Å²) in [4.78, 5) is 48.3. The van der Waals surface area contributed by atoms with Crippen molar-refractivity contribution >= 4 is 23.7 Å². The smallest absolute Gasteiger partial charge is 0.305 e. The molecule has 0 bridgehead atoms. The third-order valence-electron chi connectivity index (χ3n) is 4.16. The van der Waals surface area contributed by atoms with E-state index in [1.54, 1.807) is 5.48 Å². The van der Waals surface area contributed by atoms with Gasteiger partial charge >= 0.3 is 5.97 Å². The van der Waals surface area contributed by atoms with Gasteiger partial charge in [-0.25, -0.2) is 5.48 Å². The van der Waals surface area contributed by atoms with Gasteiger partial charge in [0, 0.05) is 13.5 Å². The molecule has 27 heavy (non-hydrogen) atoms. The molecular weight excluding hydrogens is 354 g/mol. The van der Waals surface area contributed by atoms with Crippen LogP contribution in [0.1, 0.15) is 39.5 Å². The maximum atomic E-state index is 12.9. The Morgan fingerprint density at radius 1 is 1.11 bits per heavy atom. The molecule has 0 rings (SSSR count). The summed E-state index contributed by atoms with van der Waals surface area (Å²) < 4.78 is 4.56. The van der Waals surface area contributed by atoms with Gasteiger partial charge in [0.05, 0.1) is 18.9 Å². The zero-order chi connectivity index (χ0) is 21.0. The number of methoxy groups -OCH3 is 1. The molecule has 3 amide bonds. The Labute approximate surface area is 159 Å². The number of esters is 1. The second kappa shape index (κ2) is 12.9. The Kier molecular flexibility index (Phi) is 11.7. The zero-order valence-corrected chi connectivity index (χ0v) is 16.4. The number of nitrogens with one attached hydrogen (secondary N) is 3. The number of carbonyl (C=O) groups excluding carboxylic acids is 4. The lowest BCUT2D eigenvalue weighted by Crippen LogP contribution is -2.50. The Morgan fingerprint density at radius 2 is 1.74 bits per heavy atom. The molecule has 0 aromatic carbocycles. The van der Waals surface area contributed by atoms with E-state index in [0.29, 0.717) is 6.42 Å². The van der Waals surface area contributed by atoms with Gasteiger partial charge in [-0.05, 0) is 25.2 Å². The number of carbonyl (C=O) groups is 4. The largest absolute Gasteiger partial charge is 0.469 e. The lowest BCUT2D eigenvalue weighted by molar-refractivity contribution is -0.142. The first-order chi connectivity index (χ1) is 12.7. The monoisotopic (exact) mass is 385 g/mol. The van der Waals surface area contributed by atoms with Crippen molar-refractivity contribution in [3.63, 3.8) is 0 Å². The summed E-state index contributed by atoms with van der Waals surface area (Å²) in [5.41, 5.74) is 1.59. The van der Waals surface area contributed by atoms with Crippen LogP contribution in [0.5, 0.6) is 0 Å². The molecule has 0 heterocycles. The van der Waals surface area contributed by atoms with E-state index in [2.05, 4.69) is 21.9 Å². The van der Waals surface area contributed by atoms with Crippen LogP contribution in [0.4, 0.5) is 0 Å². The second-order valence-electron chi connectivity index (χ2n) is 6.63. The molecule has 0 saturated heterocycles. The highest BCUT2D eigenvalue weighted by Gasteiger charge is 2.35. The summed E-state index contributed by atoms with van der Waals surface area (Å²) in [6.07, 6.45) is 2.06. The highest BCUT2D eigenvalue weighted by atomic mass is 16.5. The summed E-state index contributed by atoms with van der Waals surface area (Å²) in [7, 11) is 2.66. The Balaban J connectivity index is 5.46. The molecule has 0 unspecified atom stereocenters. The van der Waals surface area contributed by atoms with E-state index in [1.165, 1.54) is 20.2 Å². The Bertz CT molecular complexity index is 535. The predicted octanol–water partition coefficient (Wildman–Crippen LogP) is 0.530. The molecule has 3 atom stereocenters. The fourth-order valence-electron chi connectivity index (χ4n) is 2.76. The molecule has 4 N–H and O–H groups in total. The van der Waals surface area contributed by atoms with Gasteiger partial charge < -0.3 is 15.4 Å². The van der Waals surface area contributed by atoms with E-state index in [9.17, 15) is 19.2 Å². The third-order valence-corrected chi connectivity index (χ3v) is 4.16. The van der Waals surface area contributed by atoms with E-state index >= 15 is 0 Å². The van der Waals surface area contributed by atoms with E-state index < -0.39 is 41.6 Å². The Morgan fingerprint density at radius 3 is 2.19 bits per heavy atom. The number of hydrogen-bond donors (Lipinski definition) is 4. The van der Waals surface area contributed by atoms with Crippen LogP contribution in [-0.2, 0) is 23.9 Å². The molecule has 0 spiro atoms. The van der Waals surface area contributed by atoms with Crippen LogP contribution in [-0.4, -0.2) is 49.1 Å². The van der Waals surface area contributed by atoms with Gasteiger partial charge in [-0.3, -0.25) is 24.4 Å². The highest BCUT2D eigenvalue weighted by Crippen LogP contribution is 2.25. The minimum Gasteiger partial charge on any atom is -0.469 e. The number of hydrogen-bond acceptors (Lipinski definition) is 6. The molecule has 9 heteroatoms. The average Bonchev–Trinajstić information content (AvgIpc) is 2.65. The standard InChI is InChI=1S/C18H31N3O6/c1-6-7-12(17(24)21-26)13(10-11(2)3)16(23)20-14(18(25)19-4)8-9-15(22)27-5/h6,11-14,26H,1,7-10H2,2-5H3,(H,19,25)(H,20,23)(H,21,24)/t12-,13+,14-/m0/s1. The second-order valence-corrected chi connectivity index (χ2v) is 6.63. The van der Waals surface area contributed by atoms with Crippen LogP contribution < -0.4 is 16.1 Å². The van der Waals surface area contributed by atoms with E-state index in [4.69, 9.17) is 5.21 Å². The molecule has 0 fully saturated rings. The predicted molar refractivity (Wildman–Crippen MR) is 98.4 cm³/mol. The fourth-order valence-corrected chi connectivity index (χ4v) is 2.76. The lowest BCUT2D eigenvalue weighted by Gasteiger charge is -2.27. The SMILES string of the molecule is C=CC[C@H](C(=O)NO)[C@@H](CC(C)C)C(=O)N[C@@H](CCC(=O)OC)C(=O)NC. The first kappa shape index (κ1) is 24.6. The van der Waals surface area contributed by atoms with Crippen LogP contribution in [0.25, 0.3) is 0 Å². The highest BCUT2D eigenvalue weighted by molar-refractivity contribution is 5.91. The van der Waals surface area contributed by atoms with Crippen molar-refractivity contribution in [2.24, 2.45) is 17.8 Å². The maximum absolute atomic E-state index is 12.9. The molecule has 0 aromatic rings. The minimum absolute atomic E-state index is 0.0447. The molecule has 0 radical (unpaired) electrons. The number of ether oxygens (including phenoxy) is 1. The molecule has 154 valence electrons. The molecule has 0 aromatic heterocycles. The van der Waals surface area contributed by atoms with Crippen molar-refractivity contribution in [1.29, 1.82) is 0 Å². The summed E-state index contributed by atoms with van der Waals surface area (Å²) in [6, 6.07) is -0.946. The minimum atomic E-state index is -0.946. The van der Waals surface area contributed by atoms with Crippen LogP contribution in [0.3, 0.4) is 0 Å². The van der Waals surface area contributed by atoms with E-state index in [1.807, 2.05) is 13.8 Å². The average molecular weight is 385 g/mol. The van der Waals surface area contributed by atoms with Crippen LogP contribution in [0.15, 0.2) is 12.7 Å². The van der Waals surface area contributed by atoms with E-state index in [-0.39, 0.29) is 25.2 Å². The normalized spacial score (nSPS) is 13.9. The van der Waals surface area contributed by atoms with Crippen molar-refractivity contribution < 1.29 is 29.1 Å². The fraction of sp³-hybridized carbons (Fsp3) is 0.667. The zero-order valence-electron chi connectivity index (χ0n) is 16.4. The van der Waals surface area contributed by atoms with Gasteiger partial charge in [0.15, 0.2) is 0 Å². The first-order valence-corrected chi connectivity index (χ1v) is 8.85. The van der Waals surface area contributed by atoms with Crippen molar-refractivity contribution in [2.45, 2.75) is 45.6 Å². The lowest BCUT2D eigenvalue weighted by atomic mass is 9.82. The summed E-state index contributed by atoms with van der Waals surface area (Å²) >= 11 is 0. The molecule has 0 aliphatic heterocycles. The summed E-state index contributed by atoms with van der Waals surface area (Å²) in [5, 5.41) is 14.1. The quantitative estimate of drug-likeness (QED) is 0.168. The van der Waals surface area contributed by atoms with Gasteiger partial charge in [-0.2, -0.15) is 0 Å². The molecule has 0 aliphatic rings. The van der Waals surface area contributed by atoms with Crippen molar-refractivity contribution in [3.8, 4) is 0 Å². The van der Waals surface area contributed by atoms with Gasteiger partial charge in [-0.1, -0.05) is 19.9 Å². The van der Waals surface area contributed by atoms with Crippen molar-refractivity contribution in [2.75, 3.05) is 14.2 Å². The number of likely N-dealkylation sites (N-methyl/N-ethyl adjacent to an activating group) is 1. The third kappa shape index (κ3) is 8.67. The number of rotatable bonds is 12. The van der Waals surface area contributed by atoms with Crippen molar-refractivity contribution in [1.82, 2.24) is 16.1 Å². The van der Waals surface area contributed by atoms with Crippen molar-refractivity contribution in [3.05, 3.63) is 12.7 Å². The van der Waals surface area contributed by atoms with E-state index in [0.717, 1.165) is 0 Å². The number of amides is 3. The Hall–Kier alpha value is -2.42. The molecular formula is C18H31N3O6. The van der Waals surface area contributed by atoms with Gasteiger partial charge in [0.2, 0.25) is 17.7 Å². The molecule has 9 nitrogen and oxygen atoms in total. The summed E-state index contributed by atoms with van der Waals surface area (Å²) in [5.74, 6) is -3.67. The summed E-state index contributed by atoms with van der Waals surface area (Å²) in [6.45, 7) is 7.39. The van der Waals surface area contributed by atoms with Gasteiger partial charge in [-0.15, -0.1) is 6.58 Å². The first-order valence-electron chi connectivity index (χ1n) is 8.85. The topological polar surface area (TPSA) is 134 Å². The van der Waals surface area contributed by atoms with Crippen LogP contribution in [0, 0.1) is 17.8 Å².